The van der Waals surface area contributed by atoms with E-state index >= 15 is 0 Å². The van der Waals surface area contributed by atoms with Crippen molar-refractivity contribution in [2.24, 2.45) is 0 Å². The molecule has 0 spiro atoms. The maximum absolute atomic E-state index is 10.9. The Morgan fingerprint density at radius 3 is 2.07 bits per heavy atom. The number of phosphoric ester groups is 1. The molecule has 1 unspecified atom stereocenters. The highest BCUT2D eigenvalue weighted by molar-refractivity contribution is 7.46. The van der Waals surface area contributed by atoms with Crippen LogP contribution < -0.4 is 0 Å². The summed E-state index contributed by atoms with van der Waals surface area (Å²) in [6, 6.07) is 0. The van der Waals surface area contributed by atoms with E-state index in [0.717, 1.165) is 0 Å². The van der Waals surface area contributed by atoms with Crippen LogP contribution in [0.1, 0.15) is 0 Å². The number of phosphoric acid groups is 1. The molecule has 0 aliphatic heterocycles. The van der Waals surface area contributed by atoms with E-state index in [2.05, 4.69) is 4.52 Å². The van der Waals surface area contributed by atoms with Crippen LogP contribution in [-0.4, -0.2) is 61.1 Å². The van der Waals surface area contributed by atoms with Crippen LogP contribution >= 0.6 is 7.82 Å². The van der Waals surface area contributed by atoms with Crippen LogP contribution in [0.5, 0.6) is 0 Å². The number of hydrogen-bond donors (Lipinski definition) is 6. The molecule has 0 saturated heterocycles. The van der Waals surface area contributed by atoms with E-state index in [1.54, 1.807) is 0 Å². The fourth-order valence-corrected chi connectivity index (χ4v) is 0.982. The van der Waals surface area contributed by atoms with E-state index in [1.807, 2.05) is 0 Å². The van der Waals surface area contributed by atoms with Crippen LogP contribution in [0.25, 0.3) is 0 Å². The Labute approximate surface area is 83.8 Å². The van der Waals surface area contributed by atoms with Crippen molar-refractivity contribution in [3.8, 4) is 0 Å². The fraction of sp³-hybridized carbons (Fsp3) is 0.800. The van der Waals surface area contributed by atoms with E-state index in [4.69, 9.17) is 30.2 Å². The molecule has 0 radical (unpaired) electrons. The SMILES string of the molecule is O=C(C(O)OP(=O)(O)O)[C@@H](O)[C@H](O)CO. The molecule has 0 fully saturated rings. The van der Waals surface area contributed by atoms with Crippen LogP contribution in [0, 0.1) is 0 Å². The van der Waals surface area contributed by atoms with E-state index in [9.17, 15) is 9.36 Å². The molecule has 90 valence electrons. The molecule has 0 aromatic heterocycles. The van der Waals surface area contributed by atoms with Crippen molar-refractivity contribution in [2.45, 2.75) is 18.5 Å². The number of ketones is 1. The average molecular weight is 246 g/mol. The quantitative estimate of drug-likeness (QED) is 0.208. The van der Waals surface area contributed by atoms with Crippen molar-refractivity contribution >= 4 is 13.6 Å². The molecule has 0 amide bonds. The first-order chi connectivity index (χ1) is 6.69. The molecule has 3 atom stereocenters. The minimum atomic E-state index is -5.08. The topological polar surface area (TPSA) is 165 Å². The molecule has 0 aliphatic carbocycles. The predicted molar refractivity (Wildman–Crippen MR) is 43.2 cm³/mol. The standard InChI is InChI=1S/C5H11O9P/c6-1-2(7)3(8)4(9)5(10)14-15(11,12)13/h2-3,5-8,10H,1H2,(H2,11,12,13)/t2-,3+,5?/m1/s1. The Morgan fingerprint density at radius 1 is 1.27 bits per heavy atom. The summed E-state index contributed by atoms with van der Waals surface area (Å²) in [5, 5.41) is 34.7. The zero-order valence-electron chi connectivity index (χ0n) is 7.29. The summed E-state index contributed by atoms with van der Waals surface area (Å²) in [5.74, 6) is -1.57. The molecule has 10 heteroatoms. The van der Waals surface area contributed by atoms with Gasteiger partial charge in [0, 0.05) is 0 Å². The Bertz CT molecular complexity index is 259. The summed E-state index contributed by atoms with van der Waals surface area (Å²) >= 11 is 0. The molecule has 0 saturated carbocycles. The maximum Gasteiger partial charge on any atom is 0.472 e. The molecule has 0 heterocycles. The van der Waals surface area contributed by atoms with Gasteiger partial charge in [-0.15, -0.1) is 0 Å². The first kappa shape index (κ1) is 14.6. The number of Topliss-reactive ketones (excluding diaryl/α,β-unsaturated/α-hetero) is 1. The monoisotopic (exact) mass is 246 g/mol. The van der Waals surface area contributed by atoms with Gasteiger partial charge in [-0.1, -0.05) is 0 Å². The van der Waals surface area contributed by atoms with E-state index in [0.29, 0.717) is 0 Å². The molecule has 0 aromatic rings. The number of aliphatic hydroxyl groups excluding tert-OH is 4. The normalized spacial score (nSPS) is 18.3. The fourth-order valence-electron chi connectivity index (χ4n) is 0.618. The van der Waals surface area contributed by atoms with Gasteiger partial charge in [0.25, 0.3) is 0 Å². The number of aliphatic hydroxyl groups is 4. The first-order valence-electron chi connectivity index (χ1n) is 3.61. The van der Waals surface area contributed by atoms with Crippen LogP contribution in [0.4, 0.5) is 0 Å². The van der Waals surface area contributed by atoms with E-state index in [-0.39, 0.29) is 0 Å². The van der Waals surface area contributed by atoms with Crippen molar-refractivity contribution in [3.63, 3.8) is 0 Å². The molecule has 0 rings (SSSR count). The van der Waals surface area contributed by atoms with Gasteiger partial charge in [0.2, 0.25) is 12.1 Å². The third-order valence-electron chi connectivity index (χ3n) is 1.32. The zero-order chi connectivity index (χ0) is 12.2. The predicted octanol–water partition coefficient (Wildman–Crippen LogP) is -3.30. The molecular weight excluding hydrogens is 235 g/mol. The first-order valence-corrected chi connectivity index (χ1v) is 5.15. The van der Waals surface area contributed by atoms with Crippen LogP contribution in [0.2, 0.25) is 0 Å². The summed E-state index contributed by atoms with van der Waals surface area (Å²) in [7, 11) is -5.08. The van der Waals surface area contributed by atoms with Gasteiger partial charge in [0.1, 0.15) is 12.2 Å². The summed E-state index contributed by atoms with van der Waals surface area (Å²) in [5.41, 5.74) is 0. The Morgan fingerprint density at radius 2 is 1.73 bits per heavy atom. The Kier molecular flexibility index (Phi) is 5.49. The third-order valence-corrected chi connectivity index (χ3v) is 1.80. The molecule has 0 bridgehead atoms. The van der Waals surface area contributed by atoms with Crippen LogP contribution in [0.3, 0.4) is 0 Å². The van der Waals surface area contributed by atoms with Crippen LogP contribution in [0.15, 0.2) is 0 Å². The summed E-state index contributed by atoms with van der Waals surface area (Å²) in [6.45, 7) is -0.963. The van der Waals surface area contributed by atoms with Crippen molar-refractivity contribution in [2.75, 3.05) is 6.61 Å². The molecular formula is C5H11O9P. The lowest BCUT2D eigenvalue weighted by molar-refractivity contribution is -0.159. The van der Waals surface area contributed by atoms with Crippen molar-refractivity contribution in [1.29, 1.82) is 0 Å². The Balaban J connectivity index is 4.38. The zero-order valence-corrected chi connectivity index (χ0v) is 8.19. The van der Waals surface area contributed by atoms with Crippen molar-refractivity contribution in [3.05, 3.63) is 0 Å². The van der Waals surface area contributed by atoms with Gasteiger partial charge in [-0.3, -0.25) is 4.79 Å². The molecule has 0 aromatic carbocycles. The van der Waals surface area contributed by atoms with Gasteiger partial charge in [-0.05, 0) is 0 Å². The summed E-state index contributed by atoms with van der Waals surface area (Å²) in [4.78, 5) is 27.3. The number of hydrogen-bond acceptors (Lipinski definition) is 7. The molecule has 15 heavy (non-hydrogen) atoms. The van der Waals surface area contributed by atoms with Gasteiger partial charge in [0.15, 0.2) is 0 Å². The second kappa shape index (κ2) is 5.64. The lowest BCUT2D eigenvalue weighted by Gasteiger charge is -2.18. The largest absolute Gasteiger partial charge is 0.472 e. The molecule has 9 nitrogen and oxygen atoms in total. The maximum atomic E-state index is 10.9. The smallest absolute Gasteiger partial charge is 0.394 e. The highest BCUT2D eigenvalue weighted by atomic mass is 31.2. The minimum Gasteiger partial charge on any atom is -0.394 e. The van der Waals surface area contributed by atoms with Gasteiger partial charge < -0.3 is 30.2 Å². The van der Waals surface area contributed by atoms with Gasteiger partial charge in [-0.25, -0.2) is 9.09 Å². The summed E-state index contributed by atoms with van der Waals surface area (Å²) in [6.07, 6.45) is -6.65. The third kappa shape index (κ3) is 5.30. The average Bonchev–Trinajstić information content (AvgIpc) is 2.11. The number of carbonyl (C=O) groups is 1. The van der Waals surface area contributed by atoms with Crippen molar-refractivity contribution in [1.82, 2.24) is 0 Å². The highest BCUT2D eigenvalue weighted by Crippen LogP contribution is 2.37. The van der Waals surface area contributed by atoms with E-state index < -0.39 is 38.7 Å². The van der Waals surface area contributed by atoms with Gasteiger partial charge in [0.05, 0.1) is 6.61 Å². The second-order valence-corrected chi connectivity index (χ2v) is 3.74. The van der Waals surface area contributed by atoms with Gasteiger partial charge in [-0.2, -0.15) is 0 Å². The Hall–Kier alpha value is -0.380. The minimum absolute atomic E-state index is 0.963. The summed E-state index contributed by atoms with van der Waals surface area (Å²) < 4.78 is 13.7. The molecule has 0 aliphatic rings. The number of carbonyl (C=O) groups excluding carboxylic acids is 1. The second-order valence-electron chi connectivity index (χ2n) is 2.55. The highest BCUT2D eigenvalue weighted by Gasteiger charge is 2.33. The number of rotatable bonds is 6. The lowest BCUT2D eigenvalue weighted by atomic mass is 10.1. The van der Waals surface area contributed by atoms with Gasteiger partial charge >= 0.3 is 7.82 Å². The molecule has 6 N–H and O–H groups in total. The van der Waals surface area contributed by atoms with Crippen molar-refractivity contribution < 1.29 is 44.1 Å². The van der Waals surface area contributed by atoms with E-state index in [1.165, 1.54) is 0 Å². The van der Waals surface area contributed by atoms with Crippen LogP contribution in [-0.2, 0) is 13.9 Å². The lowest BCUT2D eigenvalue weighted by Crippen LogP contribution is -2.42.